The summed E-state index contributed by atoms with van der Waals surface area (Å²) in [5.41, 5.74) is 1.14. The van der Waals surface area contributed by atoms with Crippen molar-refractivity contribution in [2.45, 2.75) is 46.2 Å². The van der Waals surface area contributed by atoms with E-state index in [9.17, 15) is 0 Å². The summed E-state index contributed by atoms with van der Waals surface area (Å²) in [6, 6.07) is 4.27. The van der Waals surface area contributed by atoms with Gasteiger partial charge in [0.15, 0.2) is 5.96 Å². The van der Waals surface area contributed by atoms with Gasteiger partial charge in [-0.25, -0.2) is 4.98 Å². The average molecular weight is 385 g/mol. The number of aliphatic imine (C=N–C) groups is 1. The molecule has 3 heterocycles. The van der Waals surface area contributed by atoms with Crippen LogP contribution in [0.3, 0.4) is 0 Å². The number of nitrogens with one attached hydrogen (secondary N) is 2. The summed E-state index contributed by atoms with van der Waals surface area (Å²) in [5.74, 6) is 3.69. The first-order valence-corrected chi connectivity index (χ1v) is 10.2. The number of hydrogen-bond donors (Lipinski definition) is 2. The molecule has 0 spiro atoms. The third-order valence-corrected chi connectivity index (χ3v) is 5.26. The van der Waals surface area contributed by atoms with E-state index in [1.807, 2.05) is 6.20 Å². The fourth-order valence-corrected chi connectivity index (χ4v) is 3.39. The van der Waals surface area contributed by atoms with Crippen molar-refractivity contribution < 1.29 is 0 Å². The third-order valence-electron chi connectivity index (χ3n) is 5.26. The maximum absolute atomic E-state index is 4.65. The molecule has 0 atom stereocenters. The van der Waals surface area contributed by atoms with Crippen molar-refractivity contribution in [2.24, 2.45) is 10.9 Å². The lowest BCUT2D eigenvalue weighted by atomic mass is 9.99. The highest BCUT2D eigenvalue weighted by Crippen LogP contribution is 2.21. The standard InChI is InChI=1S/C20H32N8/c1-4-18-26-25-15-28(18)12-9-22-20(21-3)24-14-17-5-6-19(23-13-17)27-10-7-16(2)8-11-27/h5-6,13,15-16H,4,7-12,14H2,1-3H3,(H2,21,22,24). The van der Waals surface area contributed by atoms with Crippen molar-refractivity contribution in [2.75, 3.05) is 31.6 Å². The molecule has 8 heteroatoms. The van der Waals surface area contributed by atoms with E-state index in [1.54, 1.807) is 13.4 Å². The second-order valence-corrected chi connectivity index (χ2v) is 7.34. The fraction of sp³-hybridized carbons (Fsp3) is 0.600. The molecule has 2 aromatic heterocycles. The zero-order valence-corrected chi connectivity index (χ0v) is 17.2. The zero-order chi connectivity index (χ0) is 19.8. The topological polar surface area (TPSA) is 83.3 Å². The van der Waals surface area contributed by atoms with E-state index < -0.39 is 0 Å². The summed E-state index contributed by atoms with van der Waals surface area (Å²) < 4.78 is 2.06. The van der Waals surface area contributed by atoms with Crippen LogP contribution >= 0.6 is 0 Å². The first-order valence-electron chi connectivity index (χ1n) is 10.2. The maximum Gasteiger partial charge on any atom is 0.191 e. The minimum absolute atomic E-state index is 0.691. The molecule has 0 saturated carbocycles. The van der Waals surface area contributed by atoms with E-state index in [0.29, 0.717) is 6.54 Å². The molecule has 2 N–H and O–H groups in total. The number of anilines is 1. The van der Waals surface area contributed by atoms with Crippen molar-refractivity contribution in [1.82, 2.24) is 30.4 Å². The summed E-state index contributed by atoms with van der Waals surface area (Å²) in [5, 5.41) is 14.7. The molecule has 1 fully saturated rings. The van der Waals surface area contributed by atoms with E-state index in [0.717, 1.165) is 61.7 Å². The Labute approximate surface area is 167 Å². The van der Waals surface area contributed by atoms with Gasteiger partial charge in [0.05, 0.1) is 0 Å². The molecule has 0 amide bonds. The number of piperidine rings is 1. The van der Waals surface area contributed by atoms with Crippen LogP contribution in [-0.4, -0.2) is 52.4 Å². The fourth-order valence-electron chi connectivity index (χ4n) is 3.39. The maximum atomic E-state index is 4.65. The van der Waals surface area contributed by atoms with Gasteiger partial charge in [-0.1, -0.05) is 19.9 Å². The summed E-state index contributed by atoms with van der Waals surface area (Å²) in [4.78, 5) is 11.3. The summed E-state index contributed by atoms with van der Waals surface area (Å²) in [7, 11) is 1.78. The Kier molecular flexibility index (Phi) is 7.22. The molecule has 1 aliphatic rings. The summed E-state index contributed by atoms with van der Waals surface area (Å²) in [6.45, 7) is 8.88. The van der Waals surface area contributed by atoms with Gasteiger partial charge in [0, 0.05) is 52.4 Å². The molecule has 0 unspecified atom stereocenters. The molecule has 8 nitrogen and oxygen atoms in total. The molecule has 28 heavy (non-hydrogen) atoms. The number of hydrogen-bond acceptors (Lipinski definition) is 5. The third kappa shape index (κ3) is 5.43. The average Bonchev–Trinajstić information content (AvgIpc) is 3.19. The van der Waals surface area contributed by atoms with Crippen LogP contribution in [0.5, 0.6) is 0 Å². The Balaban J connectivity index is 1.43. The molecular formula is C20H32N8. The van der Waals surface area contributed by atoms with Gasteiger partial charge < -0.3 is 20.1 Å². The van der Waals surface area contributed by atoms with Gasteiger partial charge in [-0.15, -0.1) is 10.2 Å². The van der Waals surface area contributed by atoms with Crippen LogP contribution in [0.15, 0.2) is 29.6 Å². The van der Waals surface area contributed by atoms with Crippen LogP contribution in [0.25, 0.3) is 0 Å². The van der Waals surface area contributed by atoms with Crippen molar-refractivity contribution in [3.63, 3.8) is 0 Å². The van der Waals surface area contributed by atoms with Crippen molar-refractivity contribution >= 4 is 11.8 Å². The molecule has 1 aliphatic heterocycles. The molecule has 0 aromatic carbocycles. The Hall–Kier alpha value is -2.64. The molecule has 3 rings (SSSR count). The Bertz CT molecular complexity index is 744. The molecule has 1 saturated heterocycles. The molecule has 2 aromatic rings. The number of guanidine groups is 1. The lowest BCUT2D eigenvalue weighted by molar-refractivity contribution is 0.436. The Morgan fingerprint density at radius 2 is 2.07 bits per heavy atom. The van der Waals surface area contributed by atoms with Crippen LogP contribution in [0.1, 0.15) is 38.1 Å². The van der Waals surface area contributed by atoms with Gasteiger partial charge in [0.1, 0.15) is 18.0 Å². The smallest absolute Gasteiger partial charge is 0.191 e. The predicted molar refractivity (Wildman–Crippen MR) is 112 cm³/mol. The van der Waals surface area contributed by atoms with Gasteiger partial charge in [0.25, 0.3) is 0 Å². The largest absolute Gasteiger partial charge is 0.357 e. The van der Waals surface area contributed by atoms with Crippen molar-refractivity contribution in [1.29, 1.82) is 0 Å². The van der Waals surface area contributed by atoms with Crippen LogP contribution in [0.2, 0.25) is 0 Å². The quantitative estimate of drug-likeness (QED) is 0.560. The molecule has 0 bridgehead atoms. The second kappa shape index (κ2) is 10.1. The minimum Gasteiger partial charge on any atom is -0.357 e. The monoisotopic (exact) mass is 384 g/mol. The van der Waals surface area contributed by atoms with Crippen molar-refractivity contribution in [3.05, 3.63) is 36.0 Å². The van der Waals surface area contributed by atoms with Crippen LogP contribution in [-0.2, 0) is 19.5 Å². The Morgan fingerprint density at radius 3 is 2.75 bits per heavy atom. The van der Waals surface area contributed by atoms with E-state index in [1.165, 1.54) is 12.8 Å². The van der Waals surface area contributed by atoms with E-state index in [2.05, 4.69) is 66.3 Å². The van der Waals surface area contributed by atoms with Gasteiger partial charge in [-0.3, -0.25) is 4.99 Å². The van der Waals surface area contributed by atoms with Crippen LogP contribution < -0.4 is 15.5 Å². The number of rotatable bonds is 7. The minimum atomic E-state index is 0.691. The highest BCUT2D eigenvalue weighted by atomic mass is 15.3. The number of aryl methyl sites for hydroxylation is 1. The Morgan fingerprint density at radius 1 is 1.25 bits per heavy atom. The normalized spacial score (nSPS) is 15.7. The van der Waals surface area contributed by atoms with Gasteiger partial charge >= 0.3 is 0 Å². The van der Waals surface area contributed by atoms with Gasteiger partial charge in [0.2, 0.25) is 0 Å². The first kappa shape index (κ1) is 20.1. The number of aromatic nitrogens is 4. The van der Waals surface area contributed by atoms with E-state index >= 15 is 0 Å². The molecule has 0 aliphatic carbocycles. The first-order chi connectivity index (χ1) is 13.7. The van der Waals surface area contributed by atoms with Gasteiger partial charge in [-0.2, -0.15) is 0 Å². The predicted octanol–water partition coefficient (Wildman–Crippen LogP) is 1.84. The molecular weight excluding hydrogens is 352 g/mol. The molecule has 0 radical (unpaired) electrons. The van der Waals surface area contributed by atoms with Crippen LogP contribution in [0, 0.1) is 5.92 Å². The highest BCUT2D eigenvalue weighted by molar-refractivity contribution is 5.79. The second-order valence-electron chi connectivity index (χ2n) is 7.34. The van der Waals surface area contributed by atoms with Crippen LogP contribution in [0.4, 0.5) is 5.82 Å². The summed E-state index contributed by atoms with van der Waals surface area (Å²) >= 11 is 0. The SMILES string of the molecule is CCc1nncn1CCNC(=NC)NCc1ccc(N2CCC(C)CC2)nc1. The van der Waals surface area contributed by atoms with E-state index in [4.69, 9.17) is 0 Å². The van der Waals surface area contributed by atoms with Gasteiger partial charge in [-0.05, 0) is 30.4 Å². The lowest BCUT2D eigenvalue weighted by Crippen LogP contribution is -2.38. The van der Waals surface area contributed by atoms with E-state index in [-0.39, 0.29) is 0 Å². The zero-order valence-electron chi connectivity index (χ0n) is 17.2. The highest BCUT2D eigenvalue weighted by Gasteiger charge is 2.16. The molecule has 152 valence electrons. The lowest BCUT2D eigenvalue weighted by Gasteiger charge is -2.31. The summed E-state index contributed by atoms with van der Waals surface area (Å²) in [6.07, 6.45) is 7.11. The van der Waals surface area contributed by atoms with Crippen molar-refractivity contribution in [3.8, 4) is 0 Å². The number of pyridine rings is 1. The number of nitrogens with zero attached hydrogens (tertiary/aromatic N) is 6.